The van der Waals surface area contributed by atoms with Crippen LogP contribution in [0.1, 0.15) is 34.1 Å². The van der Waals surface area contributed by atoms with Crippen LogP contribution < -0.4 is 4.74 Å². The summed E-state index contributed by atoms with van der Waals surface area (Å²) < 4.78 is 10.8. The fourth-order valence-electron chi connectivity index (χ4n) is 2.29. The number of aromatic nitrogens is 3. The van der Waals surface area contributed by atoms with Crippen molar-refractivity contribution in [3.63, 3.8) is 0 Å². The van der Waals surface area contributed by atoms with Crippen molar-refractivity contribution < 1.29 is 14.3 Å². The zero-order chi connectivity index (χ0) is 19.1. The van der Waals surface area contributed by atoms with E-state index in [1.54, 1.807) is 13.1 Å². The summed E-state index contributed by atoms with van der Waals surface area (Å²) in [5.41, 5.74) is 2.99. The number of ether oxygens (including phenoxy) is 2. The molecule has 3 aromatic rings. The monoisotopic (exact) mass is 364 g/mol. The molecule has 7 heteroatoms. The Labute approximate surface area is 157 Å². The van der Waals surface area contributed by atoms with E-state index in [1.807, 2.05) is 61.5 Å². The van der Waals surface area contributed by atoms with Crippen LogP contribution >= 0.6 is 0 Å². The summed E-state index contributed by atoms with van der Waals surface area (Å²) in [4.78, 5) is 13.3. The van der Waals surface area contributed by atoms with Crippen LogP contribution in [0.25, 0.3) is 0 Å². The van der Waals surface area contributed by atoms with Gasteiger partial charge < -0.3 is 9.47 Å². The van der Waals surface area contributed by atoms with E-state index in [4.69, 9.17) is 9.47 Å². The summed E-state index contributed by atoms with van der Waals surface area (Å²) >= 11 is 0. The van der Waals surface area contributed by atoms with E-state index in [9.17, 15) is 4.79 Å². The summed E-state index contributed by atoms with van der Waals surface area (Å²) in [6, 6.07) is 17.4. The predicted molar refractivity (Wildman–Crippen MR) is 101 cm³/mol. The first-order valence-electron chi connectivity index (χ1n) is 8.58. The molecule has 0 aliphatic heterocycles. The Balaban J connectivity index is 1.85. The Morgan fingerprint density at radius 3 is 2.59 bits per heavy atom. The third-order valence-electron chi connectivity index (χ3n) is 3.69. The summed E-state index contributed by atoms with van der Waals surface area (Å²) in [6.07, 6.45) is 1.62. The number of hydrogen-bond acceptors (Lipinski definition) is 6. The number of rotatable bonds is 7. The van der Waals surface area contributed by atoms with Gasteiger partial charge in [-0.3, -0.25) is 0 Å². The second-order valence-electron chi connectivity index (χ2n) is 5.78. The molecule has 0 aliphatic rings. The minimum absolute atomic E-state index is 0.00571. The van der Waals surface area contributed by atoms with Crippen LogP contribution in [-0.4, -0.2) is 33.9 Å². The number of hydrogen-bond donors (Lipinski definition) is 0. The first-order chi connectivity index (χ1) is 13.2. The Hall–Kier alpha value is -3.48. The molecule has 0 atom stereocenters. The van der Waals surface area contributed by atoms with E-state index < -0.39 is 5.97 Å². The Kier molecular flexibility index (Phi) is 5.94. The molecule has 0 unspecified atom stereocenters. The normalized spacial score (nSPS) is 10.9. The quantitative estimate of drug-likeness (QED) is 0.475. The van der Waals surface area contributed by atoms with Crippen LogP contribution in [0.15, 0.2) is 59.7 Å². The van der Waals surface area contributed by atoms with Gasteiger partial charge in [-0.15, -0.1) is 5.10 Å². The molecule has 0 N–H and O–H groups in total. The lowest BCUT2D eigenvalue weighted by Crippen LogP contribution is -2.09. The van der Waals surface area contributed by atoms with E-state index in [-0.39, 0.29) is 24.8 Å². The van der Waals surface area contributed by atoms with E-state index in [0.29, 0.717) is 0 Å². The summed E-state index contributed by atoms with van der Waals surface area (Å²) in [7, 11) is 0. The molecule has 0 bridgehead atoms. The zero-order valence-electron chi connectivity index (χ0n) is 15.2. The summed E-state index contributed by atoms with van der Waals surface area (Å²) in [6.45, 7) is 4.22. The zero-order valence-corrected chi connectivity index (χ0v) is 15.2. The molecule has 0 radical (unpaired) electrons. The molecule has 0 aliphatic carbocycles. The third-order valence-corrected chi connectivity index (χ3v) is 3.69. The Bertz CT molecular complexity index is 918. The highest BCUT2D eigenvalue weighted by Gasteiger charge is 2.22. The van der Waals surface area contributed by atoms with Gasteiger partial charge in [-0.1, -0.05) is 65.0 Å². The lowest BCUT2D eigenvalue weighted by Gasteiger charge is -2.07. The number of carbonyl (C=O) groups is 1. The molecule has 0 saturated carbocycles. The molecule has 138 valence electrons. The van der Waals surface area contributed by atoms with Crippen molar-refractivity contribution in [2.75, 3.05) is 6.61 Å². The maximum absolute atomic E-state index is 12.1. The lowest BCUT2D eigenvalue weighted by atomic mass is 10.2. The minimum Gasteiger partial charge on any atom is -0.470 e. The highest BCUT2D eigenvalue weighted by molar-refractivity contribution is 5.89. The molecule has 7 nitrogen and oxygen atoms in total. The largest absolute Gasteiger partial charge is 0.470 e. The number of esters is 1. The fraction of sp³-hybridized carbons (Fsp3) is 0.200. The van der Waals surface area contributed by atoms with Crippen LogP contribution in [0.5, 0.6) is 5.88 Å². The molecular weight excluding hydrogens is 344 g/mol. The first kappa shape index (κ1) is 18.3. The van der Waals surface area contributed by atoms with Gasteiger partial charge in [0.1, 0.15) is 6.61 Å². The number of carbonyl (C=O) groups excluding carboxylic acids is 1. The van der Waals surface area contributed by atoms with Crippen LogP contribution in [0, 0.1) is 6.92 Å². The molecule has 3 rings (SSSR count). The van der Waals surface area contributed by atoms with Gasteiger partial charge in [0.05, 0.1) is 12.8 Å². The molecule has 0 saturated heterocycles. The van der Waals surface area contributed by atoms with Gasteiger partial charge >= 0.3 is 5.97 Å². The van der Waals surface area contributed by atoms with Crippen LogP contribution in [-0.2, 0) is 11.3 Å². The van der Waals surface area contributed by atoms with Crippen molar-refractivity contribution in [1.29, 1.82) is 0 Å². The molecule has 0 spiro atoms. The standard InChI is InChI=1S/C20H20N4O3/c1-3-26-20(25)18-19(27-14-17-7-5-4-6-8-17)24(23-22-18)21-13-16-11-9-15(2)10-12-16/h4-13H,3,14H2,1-2H3/b21-13+. The van der Waals surface area contributed by atoms with Crippen molar-refractivity contribution in [1.82, 2.24) is 15.1 Å². The van der Waals surface area contributed by atoms with E-state index in [1.165, 1.54) is 4.79 Å². The van der Waals surface area contributed by atoms with Gasteiger partial charge in [-0.2, -0.15) is 5.10 Å². The summed E-state index contributed by atoms with van der Waals surface area (Å²) in [5, 5.41) is 12.0. The van der Waals surface area contributed by atoms with E-state index in [2.05, 4.69) is 15.4 Å². The molecule has 1 aromatic heterocycles. The first-order valence-corrected chi connectivity index (χ1v) is 8.58. The van der Waals surface area contributed by atoms with Crippen LogP contribution in [0.3, 0.4) is 0 Å². The fourth-order valence-corrected chi connectivity index (χ4v) is 2.29. The van der Waals surface area contributed by atoms with Crippen molar-refractivity contribution in [3.8, 4) is 5.88 Å². The van der Waals surface area contributed by atoms with Gasteiger partial charge in [0.25, 0.3) is 5.88 Å². The number of aryl methyl sites for hydroxylation is 1. The Morgan fingerprint density at radius 2 is 1.89 bits per heavy atom. The molecule has 0 fully saturated rings. The second kappa shape index (κ2) is 8.75. The number of benzene rings is 2. The van der Waals surface area contributed by atoms with Crippen molar-refractivity contribution in [2.24, 2.45) is 5.10 Å². The summed E-state index contributed by atoms with van der Waals surface area (Å²) in [5.74, 6) is -0.460. The van der Waals surface area contributed by atoms with Crippen molar-refractivity contribution in [3.05, 3.63) is 77.0 Å². The van der Waals surface area contributed by atoms with Crippen LogP contribution in [0.2, 0.25) is 0 Å². The van der Waals surface area contributed by atoms with E-state index in [0.717, 1.165) is 16.7 Å². The molecule has 1 heterocycles. The average molecular weight is 364 g/mol. The van der Waals surface area contributed by atoms with Gasteiger partial charge in [0, 0.05) is 0 Å². The second-order valence-corrected chi connectivity index (χ2v) is 5.78. The highest BCUT2D eigenvalue weighted by Crippen LogP contribution is 2.18. The van der Waals surface area contributed by atoms with Crippen LogP contribution in [0.4, 0.5) is 0 Å². The van der Waals surface area contributed by atoms with Gasteiger partial charge in [-0.05, 0) is 30.2 Å². The van der Waals surface area contributed by atoms with Gasteiger partial charge in [0.15, 0.2) is 0 Å². The smallest absolute Gasteiger partial charge is 0.364 e. The SMILES string of the molecule is CCOC(=O)c1nnn(/N=C/c2ccc(C)cc2)c1OCc1ccccc1. The predicted octanol–water partition coefficient (Wildman–Crippen LogP) is 3.22. The Morgan fingerprint density at radius 1 is 1.15 bits per heavy atom. The van der Waals surface area contributed by atoms with Gasteiger partial charge in [0.2, 0.25) is 5.69 Å². The molecule has 2 aromatic carbocycles. The maximum Gasteiger partial charge on any atom is 0.364 e. The average Bonchev–Trinajstić information content (AvgIpc) is 3.10. The topological polar surface area (TPSA) is 78.6 Å². The maximum atomic E-state index is 12.1. The van der Waals surface area contributed by atoms with Gasteiger partial charge in [-0.25, -0.2) is 4.79 Å². The van der Waals surface area contributed by atoms with Crippen molar-refractivity contribution in [2.45, 2.75) is 20.5 Å². The van der Waals surface area contributed by atoms with Crippen molar-refractivity contribution >= 4 is 12.2 Å². The molecule has 0 amide bonds. The lowest BCUT2D eigenvalue weighted by molar-refractivity contribution is 0.0513. The number of nitrogens with zero attached hydrogens (tertiary/aromatic N) is 4. The van der Waals surface area contributed by atoms with E-state index >= 15 is 0 Å². The highest BCUT2D eigenvalue weighted by atomic mass is 16.5. The third kappa shape index (κ3) is 4.78. The minimum atomic E-state index is -0.600. The molecular formula is C20H20N4O3. The molecule has 27 heavy (non-hydrogen) atoms.